The maximum Gasteiger partial charge on any atom is 0.220 e. The fourth-order valence-electron chi connectivity index (χ4n) is 8.52. The van der Waals surface area contributed by atoms with Crippen molar-refractivity contribution in [1.82, 2.24) is 9.13 Å². The van der Waals surface area contributed by atoms with Crippen LogP contribution in [0.25, 0.3) is 82.1 Å². The predicted octanol–water partition coefficient (Wildman–Crippen LogP) is 14.2. The Bertz CT molecular complexity index is 2830. The zero-order valence-electron chi connectivity index (χ0n) is 32.6. The lowest BCUT2D eigenvalue weighted by atomic mass is 9.83. The summed E-state index contributed by atoms with van der Waals surface area (Å²) in [5, 5.41) is 16.0. The highest BCUT2D eigenvalue weighted by atomic mass is 15.0. The van der Waals surface area contributed by atoms with Gasteiger partial charge in [-0.3, -0.25) is 0 Å². The van der Waals surface area contributed by atoms with Crippen LogP contribution in [0.15, 0.2) is 146 Å². The quantitative estimate of drug-likeness (QED) is 0.167. The van der Waals surface area contributed by atoms with E-state index in [1.54, 1.807) is 0 Å². The Morgan fingerprint density at radius 1 is 0.464 bits per heavy atom. The number of hydrogen-bond acceptors (Lipinski definition) is 1. The highest BCUT2D eigenvalue weighted by molar-refractivity contribution is 6.14. The van der Waals surface area contributed by atoms with Crippen LogP contribution in [0.4, 0.5) is 5.69 Å². The molecular formula is C52H42N4. The number of hydrogen-bond donors (Lipinski definition) is 0. The molecule has 4 heteroatoms. The molecule has 0 radical (unpaired) electrons. The third-order valence-corrected chi connectivity index (χ3v) is 11.3. The van der Waals surface area contributed by atoms with Gasteiger partial charge in [0, 0.05) is 32.7 Å². The van der Waals surface area contributed by atoms with E-state index in [1.807, 2.05) is 0 Å². The van der Waals surface area contributed by atoms with Gasteiger partial charge in [0.15, 0.2) is 0 Å². The van der Waals surface area contributed by atoms with Gasteiger partial charge in [-0.05, 0) is 57.3 Å². The summed E-state index contributed by atoms with van der Waals surface area (Å²) in [7, 11) is 0. The van der Waals surface area contributed by atoms with Crippen LogP contribution in [0.5, 0.6) is 0 Å². The summed E-state index contributed by atoms with van der Waals surface area (Å²) in [5.41, 5.74) is 11.9. The lowest BCUT2D eigenvalue weighted by Gasteiger charge is -2.26. The van der Waals surface area contributed by atoms with Crippen molar-refractivity contribution in [2.75, 3.05) is 0 Å². The number of aromatic nitrogens is 2. The van der Waals surface area contributed by atoms with Gasteiger partial charge in [-0.1, -0.05) is 163 Å². The molecule has 0 saturated heterocycles. The minimum atomic E-state index is -0.0649. The van der Waals surface area contributed by atoms with Gasteiger partial charge in [0.05, 0.1) is 45.6 Å². The van der Waals surface area contributed by atoms with Crippen LogP contribution in [0.3, 0.4) is 0 Å². The standard InChI is InChI=1S/C52H42N4/c1-51(2,3)35-28-24-33(25-29-35)46-41(32-53)49(55-42-20-12-8-16-37(42)38-17-9-13-21-43(38)55)47(34-26-30-36(31-27-34)52(4,5)6)50(48(46)54-7)56-44-22-14-10-18-39(44)40-19-11-15-23-45(40)56/h8-31H,1-6H3. The topological polar surface area (TPSA) is 38.0 Å². The van der Waals surface area contributed by atoms with Crippen LogP contribution in [-0.2, 0) is 10.8 Å². The molecule has 0 aliphatic rings. The normalized spacial score (nSPS) is 12.1. The van der Waals surface area contributed by atoms with Gasteiger partial charge < -0.3 is 9.13 Å². The van der Waals surface area contributed by atoms with E-state index in [0.29, 0.717) is 16.8 Å². The summed E-state index contributed by atoms with van der Waals surface area (Å²) in [6.07, 6.45) is 0. The van der Waals surface area contributed by atoms with Crippen LogP contribution >= 0.6 is 0 Å². The van der Waals surface area contributed by atoms with Gasteiger partial charge in [-0.25, -0.2) is 4.85 Å². The van der Waals surface area contributed by atoms with Gasteiger partial charge in [-0.15, -0.1) is 0 Å². The van der Waals surface area contributed by atoms with Gasteiger partial charge in [-0.2, -0.15) is 5.26 Å². The van der Waals surface area contributed by atoms with Crippen molar-refractivity contribution in [1.29, 1.82) is 5.26 Å². The van der Waals surface area contributed by atoms with Crippen LogP contribution < -0.4 is 0 Å². The van der Waals surface area contributed by atoms with Crippen LogP contribution in [-0.4, -0.2) is 9.13 Å². The Labute approximate surface area is 328 Å². The third-order valence-electron chi connectivity index (χ3n) is 11.3. The number of nitrogens with zero attached hydrogens (tertiary/aromatic N) is 4. The van der Waals surface area contributed by atoms with Crippen LogP contribution in [0, 0.1) is 17.9 Å². The Kier molecular flexibility index (Phi) is 8.01. The molecule has 9 rings (SSSR count). The molecule has 0 bridgehead atoms. The van der Waals surface area contributed by atoms with E-state index in [1.165, 1.54) is 11.1 Å². The lowest BCUT2D eigenvalue weighted by molar-refractivity contribution is 0.590. The molecule has 4 nitrogen and oxygen atoms in total. The van der Waals surface area contributed by atoms with Gasteiger partial charge in [0.25, 0.3) is 0 Å². The minimum absolute atomic E-state index is 0.0631. The molecule has 0 aliphatic carbocycles. The van der Waals surface area contributed by atoms with Crippen LogP contribution in [0.2, 0.25) is 0 Å². The Morgan fingerprint density at radius 2 is 0.804 bits per heavy atom. The number of nitriles is 1. The first kappa shape index (κ1) is 34.9. The molecule has 0 N–H and O–H groups in total. The first-order chi connectivity index (χ1) is 27.0. The van der Waals surface area contributed by atoms with E-state index >= 15 is 0 Å². The van der Waals surface area contributed by atoms with Crippen molar-refractivity contribution < 1.29 is 0 Å². The summed E-state index contributed by atoms with van der Waals surface area (Å²) in [6, 6.07) is 53.7. The molecule has 2 heterocycles. The molecule has 9 aromatic rings. The van der Waals surface area contributed by atoms with E-state index < -0.39 is 0 Å². The fraction of sp³-hybridized carbons (Fsp3) is 0.154. The molecule has 56 heavy (non-hydrogen) atoms. The van der Waals surface area contributed by atoms with E-state index in [4.69, 9.17) is 6.57 Å². The second kappa shape index (κ2) is 12.9. The third kappa shape index (κ3) is 5.33. The maximum absolute atomic E-state index is 11.6. The fourth-order valence-corrected chi connectivity index (χ4v) is 8.52. The van der Waals surface area contributed by atoms with Crippen molar-refractivity contribution in [3.8, 4) is 39.7 Å². The molecule has 0 fully saturated rings. The first-order valence-electron chi connectivity index (χ1n) is 19.2. The number of fused-ring (bicyclic) bond motifs is 6. The molecule has 2 aromatic heterocycles. The highest BCUT2D eigenvalue weighted by Crippen LogP contribution is 2.52. The van der Waals surface area contributed by atoms with Gasteiger partial charge >= 0.3 is 0 Å². The number of benzene rings is 7. The van der Waals surface area contributed by atoms with Crippen molar-refractivity contribution in [2.24, 2.45) is 0 Å². The average Bonchev–Trinajstić information content (AvgIpc) is 3.72. The maximum atomic E-state index is 11.6. The summed E-state index contributed by atoms with van der Waals surface area (Å²) in [6.45, 7) is 22.4. The number of rotatable bonds is 4. The molecule has 7 aromatic carbocycles. The Morgan fingerprint density at radius 3 is 1.14 bits per heavy atom. The van der Waals surface area contributed by atoms with Crippen molar-refractivity contribution in [2.45, 2.75) is 52.4 Å². The van der Waals surface area contributed by atoms with E-state index in [2.05, 4.69) is 207 Å². The van der Waals surface area contributed by atoms with Crippen LogP contribution in [0.1, 0.15) is 58.2 Å². The molecule has 0 unspecified atom stereocenters. The molecular weight excluding hydrogens is 681 g/mol. The highest BCUT2D eigenvalue weighted by Gasteiger charge is 2.32. The first-order valence-corrected chi connectivity index (χ1v) is 19.2. The monoisotopic (exact) mass is 722 g/mol. The predicted molar refractivity (Wildman–Crippen MR) is 234 cm³/mol. The summed E-state index contributed by atoms with van der Waals surface area (Å²) < 4.78 is 4.55. The Hall–Kier alpha value is -6.88. The largest absolute Gasteiger partial charge is 0.318 e. The molecule has 0 spiro atoms. The lowest BCUT2D eigenvalue weighted by Crippen LogP contribution is -2.11. The number of para-hydroxylation sites is 4. The van der Waals surface area contributed by atoms with Gasteiger partial charge in [0.1, 0.15) is 6.07 Å². The molecule has 0 saturated carbocycles. The van der Waals surface area contributed by atoms with E-state index in [0.717, 1.165) is 71.7 Å². The van der Waals surface area contributed by atoms with Crippen molar-refractivity contribution >= 4 is 49.3 Å². The SMILES string of the molecule is [C-]#[N+]c1c(-c2ccc(C(C)(C)C)cc2)c(C#N)c(-n2c3ccccc3c3ccccc32)c(-c2ccc(C(C)(C)C)cc2)c1-n1c2ccccc2c2ccccc21. The van der Waals surface area contributed by atoms with E-state index in [-0.39, 0.29) is 10.8 Å². The summed E-state index contributed by atoms with van der Waals surface area (Å²) in [5.74, 6) is 0. The second-order valence-electron chi connectivity index (χ2n) is 16.8. The zero-order chi connectivity index (χ0) is 38.9. The minimum Gasteiger partial charge on any atom is -0.318 e. The molecule has 0 aliphatic heterocycles. The molecule has 0 amide bonds. The Balaban J connectivity index is 1.57. The van der Waals surface area contributed by atoms with Crippen molar-refractivity contribution in [3.05, 3.63) is 174 Å². The summed E-state index contributed by atoms with van der Waals surface area (Å²) >= 11 is 0. The van der Waals surface area contributed by atoms with Crippen molar-refractivity contribution in [3.63, 3.8) is 0 Å². The average molecular weight is 723 g/mol. The van der Waals surface area contributed by atoms with E-state index in [9.17, 15) is 5.26 Å². The zero-order valence-corrected chi connectivity index (χ0v) is 32.6. The molecule has 270 valence electrons. The van der Waals surface area contributed by atoms with Gasteiger partial charge in [0.2, 0.25) is 5.69 Å². The summed E-state index contributed by atoms with van der Waals surface area (Å²) in [4.78, 5) is 4.46. The second-order valence-corrected chi connectivity index (χ2v) is 16.8. The molecule has 0 atom stereocenters. The smallest absolute Gasteiger partial charge is 0.220 e.